The highest BCUT2D eigenvalue weighted by molar-refractivity contribution is 7.93. The van der Waals surface area contributed by atoms with Crippen molar-refractivity contribution in [1.29, 1.82) is 0 Å². The molecule has 9 nitrogen and oxygen atoms in total. The number of imidazole rings is 1. The van der Waals surface area contributed by atoms with Crippen molar-refractivity contribution in [2.24, 2.45) is 0 Å². The number of fused-ring (bicyclic) bond motifs is 1. The fraction of sp³-hybridized carbons (Fsp3) is 0.350. The summed E-state index contributed by atoms with van der Waals surface area (Å²) < 4.78 is 86.8. The minimum atomic E-state index is -4.64. The molecule has 3 aromatic heterocycles. The molecule has 35 heavy (non-hydrogen) atoms. The zero-order valence-corrected chi connectivity index (χ0v) is 19.7. The van der Waals surface area contributed by atoms with E-state index >= 15 is 0 Å². The van der Waals surface area contributed by atoms with Gasteiger partial charge in [0.05, 0.1) is 34.0 Å². The molecule has 1 aliphatic heterocycles. The van der Waals surface area contributed by atoms with Gasteiger partial charge in [-0.3, -0.25) is 9.20 Å². The van der Waals surface area contributed by atoms with E-state index in [1.807, 2.05) is 0 Å². The number of aromatic nitrogens is 3. The Bertz CT molecular complexity index is 1430. The molecular formula is C20H17ClF4N4O5S. The predicted molar refractivity (Wildman–Crippen MR) is 115 cm³/mol. The van der Waals surface area contributed by atoms with Crippen molar-refractivity contribution >= 4 is 33.0 Å². The van der Waals surface area contributed by atoms with Crippen molar-refractivity contribution in [3.8, 4) is 17.4 Å². The highest BCUT2D eigenvalue weighted by Crippen LogP contribution is 2.34. The van der Waals surface area contributed by atoms with Crippen LogP contribution in [0.4, 0.5) is 17.6 Å². The molecule has 0 unspecified atom stereocenters. The third-order valence-corrected chi connectivity index (χ3v) is 7.37. The number of nitrogens with zero attached hydrogens (tertiary/aromatic N) is 3. The average Bonchev–Trinajstić information content (AvgIpc) is 3.01. The molecule has 0 spiro atoms. The Morgan fingerprint density at radius 1 is 1.29 bits per heavy atom. The number of rotatable bonds is 6. The van der Waals surface area contributed by atoms with Gasteiger partial charge in [0.2, 0.25) is 0 Å². The first kappa shape index (κ1) is 25.0. The number of nitrogens with one attached hydrogen (secondary N) is 1. The van der Waals surface area contributed by atoms with Gasteiger partial charge in [0.25, 0.3) is 11.8 Å². The van der Waals surface area contributed by atoms with Crippen LogP contribution in [0.2, 0.25) is 5.02 Å². The Kier molecular flexibility index (Phi) is 6.08. The van der Waals surface area contributed by atoms with Gasteiger partial charge in [0, 0.05) is 18.3 Å². The van der Waals surface area contributed by atoms with E-state index in [2.05, 4.69) is 20.0 Å². The van der Waals surface area contributed by atoms with Crippen molar-refractivity contribution in [3.05, 3.63) is 46.8 Å². The van der Waals surface area contributed by atoms with Crippen molar-refractivity contribution in [2.45, 2.75) is 25.6 Å². The van der Waals surface area contributed by atoms with Crippen LogP contribution in [0.1, 0.15) is 23.1 Å². The van der Waals surface area contributed by atoms with Gasteiger partial charge >= 0.3 is 6.18 Å². The molecule has 1 N–H and O–H groups in total. The molecule has 0 bridgehead atoms. The van der Waals surface area contributed by atoms with Gasteiger partial charge in [-0.1, -0.05) is 11.6 Å². The zero-order chi connectivity index (χ0) is 25.8. The van der Waals surface area contributed by atoms with Gasteiger partial charge in [-0.25, -0.2) is 22.8 Å². The van der Waals surface area contributed by atoms with E-state index in [4.69, 9.17) is 16.3 Å². The predicted octanol–water partition coefficient (Wildman–Crippen LogP) is 3.48. The number of pyridine rings is 2. The number of halogens is 5. The van der Waals surface area contributed by atoms with Crippen LogP contribution >= 0.6 is 11.6 Å². The minimum Gasteiger partial charge on any atom is -0.478 e. The molecule has 0 radical (unpaired) electrons. The molecule has 1 fully saturated rings. The number of carbonyl (C=O) groups excluding carboxylic acids is 1. The van der Waals surface area contributed by atoms with Gasteiger partial charge in [0.15, 0.2) is 33.8 Å². The molecule has 0 atom stereocenters. The first-order chi connectivity index (χ1) is 16.1. The topological polar surface area (TPSA) is 112 Å². The second-order valence-electron chi connectivity index (χ2n) is 8.27. The molecule has 3 aromatic rings. The van der Waals surface area contributed by atoms with E-state index in [9.17, 15) is 30.8 Å². The maximum Gasteiger partial charge on any atom is 0.422 e. The number of hydrogen-bond acceptors (Lipinski definition) is 7. The molecule has 4 heterocycles. The SMILES string of the molecule is Cc1c(C(=O)NC2(C)CS(=O)(=O)C2)nc2cc(F)c(Oc3ncc(Cl)cc3OCC(F)(F)F)cn12. The van der Waals surface area contributed by atoms with Crippen LogP contribution in [0.3, 0.4) is 0 Å². The monoisotopic (exact) mass is 536 g/mol. The second-order valence-corrected chi connectivity index (χ2v) is 10.8. The van der Waals surface area contributed by atoms with Crippen LogP contribution in [-0.4, -0.2) is 58.5 Å². The maximum atomic E-state index is 14.7. The Hall–Kier alpha value is -3.13. The molecule has 4 rings (SSSR count). The summed E-state index contributed by atoms with van der Waals surface area (Å²) in [5, 5.41) is 2.60. The molecule has 15 heteroatoms. The highest BCUT2D eigenvalue weighted by Gasteiger charge is 2.46. The van der Waals surface area contributed by atoms with Gasteiger partial charge in [-0.2, -0.15) is 13.2 Å². The lowest BCUT2D eigenvalue weighted by Gasteiger charge is -2.38. The summed E-state index contributed by atoms with van der Waals surface area (Å²) in [5.41, 5.74) is -0.678. The smallest absolute Gasteiger partial charge is 0.422 e. The van der Waals surface area contributed by atoms with Crippen LogP contribution in [0, 0.1) is 12.7 Å². The third kappa shape index (κ3) is 5.42. The highest BCUT2D eigenvalue weighted by atomic mass is 35.5. The second kappa shape index (κ2) is 8.52. The maximum absolute atomic E-state index is 14.7. The largest absolute Gasteiger partial charge is 0.478 e. The van der Waals surface area contributed by atoms with Crippen molar-refractivity contribution in [3.63, 3.8) is 0 Å². The quantitative estimate of drug-likeness (QED) is 0.480. The van der Waals surface area contributed by atoms with Crippen LogP contribution in [-0.2, 0) is 9.84 Å². The minimum absolute atomic E-state index is 0.0282. The van der Waals surface area contributed by atoms with Crippen LogP contribution in [0.5, 0.6) is 17.4 Å². The van der Waals surface area contributed by atoms with Gasteiger partial charge in [-0.15, -0.1) is 0 Å². The lowest BCUT2D eigenvalue weighted by molar-refractivity contribution is -0.153. The molecule has 0 saturated carbocycles. The molecule has 188 valence electrons. The normalized spacial score (nSPS) is 16.5. The average molecular weight is 537 g/mol. The summed E-state index contributed by atoms with van der Waals surface area (Å²) >= 11 is 5.77. The Labute approximate surface area is 200 Å². The molecule has 1 aliphatic rings. The standard InChI is InChI=1S/C20H17ClF4N4O5S/c1-10-16(17(30)28-19(2)8-35(31,32)9-19)27-15-4-12(22)14(6-29(10)15)34-18-13(3-11(21)5-26-18)33-7-20(23,24)25/h3-6H,7-9H2,1-2H3,(H,28,30). The summed E-state index contributed by atoms with van der Waals surface area (Å²) in [6, 6.07) is 2.00. The third-order valence-electron chi connectivity index (χ3n) is 5.01. The summed E-state index contributed by atoms with van der Waals surface area (Å²) in [5.74, 6) is -3.37. The van der Waals surface area contributed by atoms with E-state index in [1.54, 1.807) is 6.92 Å². The van der Waals surface area contributed by atoms with E-state index in [0.717, 1.165) is 24.5 Å². The number of aryl methyl sites for hydroxylation is 1. The first-order valence-electron chi connectivity index (χ1n) is 9.89. The van der Waals surface area contributed by atoms with E-state index < -0.39 is 57.3 Å². The molecule has 1 saturated heterocycles. The fourth-order valence-corrected chi connectivity index (χ4v) is 5.79. The number of hydrogen-bond donors (Lipinski definition) is 1. The lowest BCUT2D eigenvalue weighted by atomic mass is 10.1. The zero-order valence-electron chi connectivity index (χ0n) is 18.1. The Morgan fingerprint density at radius 2 is 1.97 bits per heavy atom. The number of ether oxygens (including phenoxy) is 2. The summed E-state index contributed by atoms with van der Waals surface area (Å²) in [4.78, 5) is 20.6. The summed E-state index contributed by atoms with van der Waals surface area (Å²) in [7, 11) is -3.20. The van der Waals surface area contributed by atoms with E-state index in [1.165, 1.54) is 11.3 Å². The van der Waals surface area contributed by atoms with Crippen molar-refractivity contribution in [1.82, 2.24) is 19.7 Å². The molecule has 0 aromatic carbocycles. The molecule has 1 amide bonds. The van der Waals surface area contributed by atoms with Crippen LogP contribution in [0.15, 0.2) is 24.5 Å². The Balaban J connectivity index is 1.62. The van der Waals surface area contributed by atoms with Crippen molar-refractivity contribution < 1.29 is 40.2 Å². The van der Waals surface area contributed by atoms with Crippen molar-refractivity contribution in [2.75, 3.05) is 18.1 Å². The molecular weight excluding hydrogens is 520 g/mol. The number of amides is 1. The molecule has 0 aliphatic carbocycles. The number of sulfone groups is 1. The number of alkyl halides is 3. The van der Waals surface area contributed by atoms with Crippen LogP contribution in [0.25, 0.3) is 5.65 Å². The summed E-state index contributed by atoms with van der Waals surface area (Å²) in [6.07, 6.45) is -2.42. The summed E-state index contributed by atoms with van der Waals surface area (Å²) in [6.45, 7) is 1.46. The lowest BCUT2D eigenvalue weighted by Crippen LogP contribution is -2.63. The first-order valence-corrected chi connectivity index (χ1v) is 12.1. The Morgan fingerprint density at radius 3 is 2.60 bits per heavy atom. The fourth-order valence-electron chi connectivity index (χ4n) is 3.64. The van der Waals surface area contributed by atoms with E-state index in [0.29, 0.717) is 0 Å². The van der Waals surface area contributed by atoms with Gasteiger partial charge in [-0.05, 0) is 13.8 Å². The number of carbonyl (C=O) groups is 1. The van der Waals surface area contributed by atoms with E-state index in [-0.39, 0.29) is 33.6 Å². The van der Waals surface area contributed by atoms with Gasteiger partial charge in [0.1, 0.15) is 11.3 Å². The van der Waals surface area contributed by atoms with Crippen LogP contribution < -0.4 is 14.8 Å². The van der Waals surface area contributed by atoms with Gasteiger partial charge < -0.3 is 14.8 Å².